The van der Waals surface area contributed by atoms with Gasteiger partial charge >= 0.3 is 0 Å². The molecule has 0 amide bonds. The summed E-state index contributed by atoms with van der Waals surface area (Å²) in [4.78, 5) is 0.145. The van der Waals surface area contributed by atoms with Crippen molar-refractivity contribution in [2.24, 2.45) is 11.8 Å². The molecular formula is C14H19BrClNO2S. The van der Waals surface area contributed by atoms with Gasteiger partial charge in [-0.3, -0.25) is 0 Å². The minimum Gasteiger partial charge on any atom is -0.211 e. The van der Waals surface area contributed by atoms with Gasteiger partial charge in [0.15, 0.2) is 0 Å². The standard InChI is InChI=1S/C14H19BrClNO2S/c1-10-3-2-4-11(7-10)9-17-20(18,19)14-6-5-12(15)8-13(14)16/h5-6,8,10-11,17H,2-4,7,9H2,1H3. The van der Waals surface area contributed by atoms with Gasteiger partial charge in [-0.15, -0.1) is 0 Å². The molecule has 3 nitrogen and oxygen atoms in total. The monoisotopic (exact) mass is 379 g/mol. The third kappa shape index (κ3) is 4.20. The first-order valence-corrected chi connectivity index (χ1v) is 9.48. The second-order valence-corrected chi connectivity index (χ2v) is 8.62. The van der Waals surface area contributed by atoms with E-state index >= 15 is 0 Å². The van der Waals surface area contributed by atoms with Gasteiger partial charge < -0.3 is 0 Å². The smallest absolute Gasteiger partial charge is 0.211 e. The van der Waals surface area contributed by atoms with Crippen LogP contribution in [-0.2, 0) is 10.0 Å². The van der Waals surface area contributed by atoms with E-state index in [0.717, 1.165) is 17.3 Å². The van der Waals surface area contributed by atoms with E-state index in [4.69, 9.17) is 11.6 Å². The van der Waals surface area contributed by atoms with Gasteiger partial charge in [-0.1, -0.05) is 47.3 Å². The fourth-order valence-corrected chi connectivity index (χ4v) is 4.90. The Morgan fingerprint density at radius 3 is 2.80 bits per heavy atom. The van der Waals surface area contributed by atoms with E-state index in [0.29, 0.717) is 18.4 Å². The topological polar surface area (TPSA) is 46.2 Å². The number of hydrogen-bond acceptors (Lipinski definition) is 2. The SMILES string of the molecule is CC1CCCC(CNS(=O)(=O)c2ccc(Br)cc2Cl)C1. The molecule has 112 valence electrons. The molecule has 0 heterocycles. The van der Waals surface area contributed by atoms with E-state index in [9.17, 15) is 8.42 Å². The first-order chi connectivity index (χ1) is 9.38. The molecule has 6 heteroatoms. The van der Waals surface area contributed by atoms with Crippen molar-refractivity contribution < 1.29 is 8.42 Å². The van der Waals surface area contributed by atoms with E-state index in [1.54, 1.807) is 12.1 Å². The van der Waals surface area contributed by atoms with Crippen molar-refractivity contribution in [1.82, 2.24) is 4.72 Å². The quantitative estimate of drug-likeness (QED) is 0.850. The van der Waals surface area contributed by atoms with Gasteiger partial charge in [0.25, 0.3) is 0 Å². The van der Waals surface area contributed by atoms with Crippen LogP contribution < -0.4 is 4.72 Å². The molecule has 0 aliphatic heterocycles. The molecule has 0 spiro atoms. The number of halogens is 2. The van der Waals surface area contributed by atoms with Crippen LogP contribution in [0.1, 0.15) is 32.6 Å². The minimum atomic E-state index is -3.53. The summed E-state index contributed by atoms with van der Waals surface area (Å²) in [6.45, 7) is 2.73. The van der Waals surface area contributed by atoms with Crippen molar-refractivity contribution in [1.29, 1.82) is 0 Å². The molecule has 1 aromatic rings. The van der Waals surface area contributed by atoms with Crippen LogP contribution >= 0.6 is 27.5 Å². The van der Waals surface area contributed by atoms with Crippen LogP contribution in [0, 0.1) is 11.8 Å². The lowest BCUT2D eigenvalue weighted by Gasteiger charge is -2.26. The van der Waals surface area contributed by atoms with Crippen molar-refractivity contribution in [2.45, 2.75) is 37.5 Å². The zero-order chi connectivity index (χ0) is 14.8. The van der Waals surface area contributed by atoms with Gasteiger partial charge in [0.05, 0.1) is 5.02 Å². The minimum absolute atomic E-state index is 0.145. The summed E-state index contributed by atoms with van der Waals surface area (Å²) in [7, 11) is -3.53. The van der Waals surface area contributed by atoms with E-state index in [1.165, 1.54) is 18.9 Å². The van der Waals surface area contributed by atoms with Crippen molar-refractivity contribution in [3.8, 4) is 0 Å². The van der Waals surface area contributed by atoms with Crippen molar-refractivity contribution in [2.75, 3.05) is 6.54 Å². The second kappa shape index (κ2) is 6.77. The normalized spacial score (nSPS) is 23.8. The highest BCUT2D eigenvalue weighted by atomic mass is 79.9. The van der Waals surface area contributed by atoms with E-state index in [1.807, 2.05) is 0 Å². The predicted molar refractivity (Wildman–Crippen MR) is 85.5 cm³/mol. The lowest BCUT2D eigenvalue weighted by atomic mass is 9.83. The number of sulfonamides is 1. The molecule has 0 radical (unpaired) electrons. The van der Waals surface area contributed by atoms with E-state index in [-0.39, 0.29) is 9.92 Å². The Bertz CT molecular complexity index is 577. The van der Waals surface area contributed by atoms with Crippen molar-refractivity contribution in [3.63, 3.8) is 0 Å². The van der Waals surface area contributed by atoms with Crippen molar-refractivity contribution >= 4 is 37.6 Å². The third-order valence-electron chi connectivity index (χ3n) is 3.79. The molecule has 2 atom stereocenters. The van der Waals surface area contributed by atoms with Gasteiger partial charge in [0.2, 0.25) is 10.0 Å². The lowest BCUT2D eigenvalue weighted by Crippen LogP contribution is -2.31. The molecule has 1 aromatic carbocycles. The molecule has 1 N–H and O–H groups in total. The summed E-state index contributed by atoms with van der Waals surface area (Å²) in [6, 6.07) is 4.81. The molecule has 1 saturated carbocycles. The average molecular weight is 381 g/mol. The Kier molecular flexibility index (Phi) is 5.51. The summed E-state index contributed by atoms with van der Waals surface area (Å²) >= 11 is 9.28. The van der Waals surface area contributed by atoms with Crippen molar-refractivity contribution in [3.05, 3.63) is 27.7 Å². The van der Waals surface area contributed by atoms with Crippen LogP contribution in [0.5, 0.6) is 0 Å². The number of benzene rings is 1. The fourth-order valence-electron chi connectivity index (χ4n) is 2.74. The number of rotatable bonds is 4. The molecule has 1 aliphatic rings. The first kappa shape index (κ1) is 16.3. The molecule has 0 aromatic heterocycles. The second-order valence-electron chi connectivity index (χ2n) is 5.56. The van der Waals surface area contributed by atoms with Gasteiger partial charge in [0.1, 0.15) is 4.90 Å². The average Bonchev–Trinajstić information content (AvgIpc) is 2.36. The molecule has 2 rings (SSSR count). The van der Waals surface area contributed by atoms with Crippen LogP contribution in [0.2, 0.25) is 5.02 Å². The summed E-state index contributed by atoms with van der Waals surface area (Å²) in [5.41, 5.74) is 0. The lowest BCUT2D eigenvalue weighted by molar-refractivity contribution is 0.283. The largest absolute Gasteiger partial charge is 0.242 e. The van der Waals surface area contributed by atoms with Gasteiger partial charge in [-0.2, -0.15) is 0 Å². The molecular weight excluding hydrogens is 362 g/mol. The molecule has 1 fully saturated rings. The van der Waals surface area contributed by atoms with E-state index < -0.39 is 10.0 Å². The molecule has 20 heavy (non-hydrogen) atoms. The number of nitrogens with one attached hydrogen (secondary N) is 1. The summed E-state index contributed by atoms with van der Waals surface area (Å²) in [5.74, 6) is 1.12. The zero-order valence-electron chi connectivity index (χ0n) is 11.4. The first-order valence-electron chi connectivity index (χ1n) is 6.83. The Morgan fingerprint density at radius 2 is 2.15 bits per heavy atom. The fraction of sp³-hybridized carbons (Fsp3) is 0.571. The Morgan fingerprint density at radius 1 is 1.40 bits per heavy atom. The maximum atomic E-state index is 12.3. The number of hydrogen-bond donors (Lipinski definition) is 1. The predicted octanol–water partition coefficient (Wildman–Crippen LogP) is 4.21. The maximum Gasteiger partial charge on any atom is 0.242 e. The third-order valence-corrected chi connectivity index (χ3v) is 6.19. The highest BCUT2D eigenvalue weighted by Gasteiger charge is 2.23. The Hall–Kier alpha value is -0.100. The van der Waals surface area contributed by atoms with Gasteiger partial charge in [-0.25, -0.2) is 13.1 Å². The summed E-state index contributed by atoms with van der Waals surface area (Å²) in [5, 5.41) is 0.240. The van der Waals surface area contributed by atoms with Crippen LogP contribution in [0.15, 0.2) is 27.6 Å². The van der Waals surface area contributed by atoms with Crippen LogP contribution in [0.25, 0.3) is 0 Å². The molecule has 0 saturated heterocycles. The summed E-state index contributed by atoms with van der Waals surface area (Å²) < 4.78 is 28.0. The van der Waals surface area contributed by atoms with Gasteiger partial charge in [-0.05, 0) is 42.9 Å². The van der Waals surface area contributed by atoms with Gasteiger partial charge in [0, 0.05) is 11.0 Å². The molecule has 2 unspecified atom stereocenters. The maximum absolute atomic E-state index is 12.3. The zero-order valence-corrected chi connectivity index (χ0v) is 14.6. The van der Waals surface area contributed by atoms with Crippen LogP contribution in [0.4, 0.5) is 0 Å². The molecule has 1 aliphatic carbocycles. The Labute approximate surface area is 134 Å². The molecule has 0 bridgehead atoms. The van der Waals surface area contributed by atoms with Crippen LogP contribution in [0.3, 0.4) is 0 Å². The highest BCUT2D eigenvalue weighted by molar-refractivity contribution is 9.10. The highest BCUT2D eigenvalue weighted by Crippen LogP contribution is 2.29. The van der Waals surface area contributed by atoms with Crippen LogP contribution in [-0.4, -0.2) is 15.0 Å². The Balaban J connectivity index is 2.03. The summed E-state index contributed by atoms with van der Waals surface area (Å²) in [6.07, 6.45) is 4.63. The van der Waals surface area contributed by atoms with E-state index in [2.05, 4.69) is 27.6 Å².